The summed E-state index contributed by atoms with van der Waals surface area (Å²) < 4.78 is 34.8. The van der Waals surface area contributed by atoms with Crippen LogP contribution in [0.4, 0.5) is 19.3 Å². The maximum Gasteiger partial charge on any atom is 0.329 e. The molecule has 5 aliphatic rings. The molecule has 4 saturated heterocycles. The third kappa shape index (κ3) is 9.81. The standard InChI is InChI=1S/C44H55F2N7O8/c1-24-17-36-43(59)61-26(3)37(42(58)52-16-7-5-12-35(52)41(57)51-15-6-4-11-34(51)39(55)47-25(2)40(56)53(36)23-24)50-38(54)33(20-27-18-30(45)22-31(46)19-27)49-44(60)48-32-14-13-28-9-8-10-29(28)21-32/h13-14,18-19,21-22,24-26,33-37H,4-12,15-17,20,23H2,1-3H3,(H,47,55)(H,50,54)(H2,48,49,60)/t24-,25+,26+,33+,34+,35+,36+,37+/m1/s1. The number of piperidine rings is 2. The molecule has 0 saturated carbocycles. The lowest BCUT2D eigenvalue weighted by atomic mass is 9.95. The number of amides is 7. The Morgan fingerprint density at radius 1 is 0.787 bits per heavy atom. The van der Waals surface area contributed by atoms with Crippen LogP contribution in [0.25, 0.3) is 0 Å². The van der Waals surface area contributed by atoms with Crippen LogP contribution in [0.5, 0.6) is 0 Å². The molecule has 0 unspecified atom stereocenters. The molecule has 8 atom stereocenters. The van der Waals surface area contributed by atoms with Gasteiger partial charge in [0.2, 0.25) is 29.5 Å². The molecule has 0 spiro atoms. The number of carbonyl (C=O) groups is 7. The molecule has 4 heterocycles. The predicted molar refractivity (Wildman–Crippen MR) is 218 cm³/mol. The number of hydrogen-bond acceptors (Lipinski definition) is 8. The van der Waals surface area contributed by atoms with Gasteiger partial charge in [-0.15, -0.1) is 0 Å². The highest BCUT2D eigenvalue weighted by Gasteiger charge is 2.47. The zero-order chi connectivity index (χ0) is 43.5. The summed E-state index contributed by atoms with van der Waals surface area (Å²) in [7, 11) is 0. The molecule has 7 amide bonds. The number of urea groups is 1. The lowest BCUT2D eigenvalue weighted by Crippen LogP contribution is -2.65. The van der Waals surface area contributed by atoms with Crippen LogP contribution in [-0.4, -0.2) is 118 Å². The highest BCUT2D eigenvalue weighted by Crippen LogP contribution is 2.29. The van der Waals surface area contributed by atoms with Crippen molar-refractivity contribution in [1.29, 1.82) is 0 Å². The number of fused-ring (bicyclic) bond motifs is 4. The summed E-state index contributed by atoms with van der Waals surface area (Å²) in [5.41, 5.74) is 2.78. The quantitative estimate of drug-likeness (QED) is 0.320. The van der Waals surface area contributed by atoms with Gasteiger partial charge in [0.15, 0.2) is 0 Å². The Balaban J connectivity index is 1.21. The maximum absolute atomic E-state index is 14.9. The molecule has 15 nitrogen and oxygen atoms in total. The van der Waals surface area contributed by atoms with E-state index < -0.39 is 102 Å². The van der Waals surface area contributed by atoms with Gasteiger partial charge in [-0.3, -0.25) is 24.0 Å². The first-order valence-electron chi connectivity index (χ1n) is 21.5. The summed E-state index contributed by atoms with van der Waals surface area (Å²) in [4.78, 5) is 103. The van der Waals surface area contributed by atoms with Crippen LogP contribution in [0.3, 0.4) is 0 Å². The summed E-state index contributed by atoms with van der Waals surface area (Å²) in [5.74, 6) is -5.87. The van der Waals surface area contributed by atoms with E-state index in [-0.39, 0.29) is 44.0 Å². The van der Waals surface area contributed by atoms with Crippen molar-refractivity contribution in [2.45, 2.75) is 134 Å². The zero-order valence-corrected chi connectivity index (χ0v) is 34.8. The number of halogens is 2. The molecule has 17 heteroatoms. The average Bonchev–Trinajstić information content (AvgIpc) is 3.87. The molecule has 4 N–H and O–H groups in total. The number of hydrogen-bond donors (Lipinski definition) is 4. The van der Waals surface area contributed by atoms with E-state index in [0.29, 0.717) is 43.9 Å². The highest BCUT2D eigenvalue weighted by atomic mass is 19.1. The number of cyclic esters (lactones) is 1. The van der Waals surface area contributed by atoms with Crippen LogP contribution in [0.15, 0.2) is 36.4 Å². The molecule has 1 aliphatic carbocycles. The van der Waals surface area contributed by atoms with Gasteiger partial charge >= 0.3 is 12.0 Å². The molecule has 2 aromatic rings. The van der Waals surface area contributed by atoms with Crippen molar-refractivity contribution in [1.82, 2.24) is 30.7 Å². The van der Waals surface area contributed by atoms with E-state index in [1.54, 1.807) is 6.07 Å². The lowest BCUT2D eigenvalue weighted by molar-refractivity contribution is -0.164. The largest absolute Gasteiger partial charge is 0.458 e. The van der Waals surface area contributed by atoms with Gasteiger partial charge in [0, 0.05) is 37.8 Å². The second-order valence-electron chi connectivity index (χ2n) is 17.3. The average molecular weight is 848 g/mol. The van der Waals surface area contributed by atoms with Crippen molar-refractivity contribution in [3.05, 3.63) is 64.7 Å². The van der Waals surface area contributed by atoms with Crippen molar-refractivity contribution in [2.75, 3.05) is 25.0 Å². The molecule has 0 radical (unpaired) electrons. The second-order valence-corrected chi connectivity index (χ2v) is 17.3. The summed E-state index contributed by atoms with van der Waals surface area (Å²) in [6, 6.07) is 0.332. The molecule has 0 aromatic heterocycles. The molecular formula is C44H55F2N7O8. The molecule has 61 heavy (non-hydrogen) atoms. The fourth-order valence-electron chi connectivity index (χ4n) is 9.54. The Bertz CT molecular complexity index is 2050. The number of ether oxygens (including phenoxy) is 1. The summed E-state index contributed by atoms with van der Waals surface area (Å²) in [6.07, 6.45) is 4.31. The SMILES string of the molecule is C[C@@H]1C[C@H]2C(=O)O[C@@H](C)[C@H](NC(=O)[C@H](Cc3cc(F)cc(F)c3)NC(=O)Nc3ccc4c(c3)CCC4)C(=O)N3CCCC[C@H]3C(=O)N3CCCC[C@H]3C(=O)N[C@@H](C)C(=O)N2C1. The number of nitrogens with zero attached hydrogens (tertiary/aromatic N) is 3. The third-order valence-corrected chi connectivity index (χ3v) is 12.6. The van der Waals surface area contributed by atoms with Crippen molar-refractivity contribution in [3.63, 3.8) is 0 Å². The lowest BCUT2D eigenvalue weighted by Gasteiger charge is -2.43. The summed E-state index contributed by atoms with van der Waals surface area (Å²) in [5, 5.41) is 10.8. The smallest absolute Gasteiger partial charge is 0.329 e. The van der Waals surface area contributed by atoms with E-state index in [4.69, 9.17) is 4.74 Å². The van der Waals surface area contributed by atoms with Crippen LogP contribution in [0.2, 0.25) is 0 Å². The number of benzene rings is 2. The predicted octanol–water partition coefficient (Wildman–Crippen LogP) is 3.12. The monoisotopic (exact) mass is 847 g/mol. The number of aryl methyl sites for hydroxylation is 2. The molecule has 0 bridgehead atoms. The zero-order valence-electron chi connectivity index (χ0n) is 34.8. The topological polar surface area (TPSA) is 187 Å². The van der Waals surface area contributed by atoms with Crippen molar-refractivity contribution in [2.24, 2.45) is 5.92 Å². The van der Waals surface area contributed by atoms with Crippen LogP contribution >= 0.6 is 0 Å². The first kappa shape index (κ1) is 43.5. The van der Waals surface area contributed by atoms with Gasteiger partial charge in [-0.2, -0.15) is 0 Å². The van der Waals surface area contributed by atoms with Gasteiger partial charge in [-0.25, -0.2) is 18.4 Å². The minimum absolute atomic E-state index is 0.0374. The van der Waals surface area contributed by atoms with E-state index in [9.17, 15) is 42.3 Å². The van der Waals surface area contributed by atoms with Crippen molar-refractivity contribution < 1.29 is 47.1 Å². The Kier molecular flexibility index (Phi) is 13.2. The van der Waals surface area contributed by atoms with Crippen LogP contribution in [-0.2, 0) is 52.8 Å². The van der Waals surface area contributed by atoms with E-state index in [0.717, 1.165) is 37.0 Å². The molecule has 328 valence electrons. The van der Waals surface area contributed by atoms with E-state index >= 15 is 0 Å². The van der Waals surface area contributed by atoms with E-state index in [2.05, 4.69) is 21.3 Å². The van der Waals surface area contributed by atoms with E-state index in [1.807, 2.05) is 19.1 Å². The van der Waals surface area contributed by atoms with Crippen molar-refractivity contribution in [3.8, 4) is 0 Å². The van der Waals surface area contributed by atoms with Gasteiger partial charge in [-0.05, 0) is 125 Å². The number of esters is 1. The molecule has 4 aliphatic heterocycles. The number of anilines is 1. The number of nitrogens with one attached hydrogen (secondary N) is 4. The number of rotatable bonds is 6. The minimum atomic E-state index is -1.62. The third-order valence-electron chi connectivity index (χ3n) is 12.6. The van der Waals surface area contributed by atoms with Crippen molar-refractivity contribution >= 4 is 47.2 Å². The summed E-state index contributed by atoms with van der Waals surface area (Å²) >= 11 is 0. The Morgan fingerprint density at radius 3 is 2.18 bits per heavy atom. The van der Waals surface area contributed by atoms with Gasteiger partial charge in [0.25, 0.3) is 0 Å². The highest BCUT2D eigenvalue weighted by molar-refractivity contribution is 5.98. The summed E-state index contributed by atoms with van der Waals surface area (Å²) in [6.45, 7) is 5.42. The first-order valence-corrected chi connectivity index (χ1v) is 21.5. The molecular weight excluding hydrogens is 793 g/mol. The minimum Gasteiger partial charge on any atom is -0.458 e. The van der Waals surface area contributed by atoms with Crippen LogP contribution in [0.1, 0.15) is 88.8 Å². The van der Waals surface area contributed by atoms with Gasteiger partial charge in [0.05, 0.1) is 0 Å². The first-order chi connectivity index (χ1) is 29.2. The molecule has 2 aromatic carbocycles. The normalized spacial score (nSPS) is 27.9. The van der Waals surface area contributed by atoms with Gasteiger partial charge in [-0.1, -0.05) is 13.0 Å². The van der Waals surface area contributed by atoms with Crippen LogP contribution in [0, 0.1) is 17.6 Å². The Morgan fingerprint density at radius 2 is 1.46 bits per heavy atom. The van der Waals surface area contributed by atoms with Gasteiger partial charge < -0.3 is 40.7 Å². The second kappa shape index (κ2) is 18.6. The molecule has 7 rings (SSSR count). The molecule has 4 fully saturated rings. The van der Waals surface area contributed by atoms with Gasteiger partial charge in [0.1, 0.15) is 54.0 Å². The van der Waals surface area contributed by atoms with Crippen LogP contribution < -0.4 is 21.3 Å². The Labute approximate surface area is 353 Å². The Hall–Kier alpha value is -5.61. The fraction of sp³-hybridized carbons (Fsp3) is 0.568. The number of carbonyl (C=O) groups excluding carboxylic acids is 7. The fourth-order valence-corrected chi connectivity index (χ4v) is 9.54. The van der Waals surface area contributed by atoms with E-state index in [1.165, 1.54) is 34.1 Å². The maximum atomic E-state index is 14.9.